The standard InChI is InChI=1S/C27H31N3O2/c1-3-18-30(19-4-2)24-16-14-22(15-17-24)20-28-29-27(31)21-32-26-13-9-8-12-25(26)23-10-6-5-7-11-23/h5-17,20H,3-4,18-19,21H2,1-2H3,(H,29,31). The lowest BCUT2D eigenvalue weighted by Gasteiger charge is -2.23. The summed E-state index contributed by atoms with van der Waals surface area (Å²) in [6.45, 7) is 6.37. The highest BCUT2D eigenvalue weighted by molar-refractivity contribution is 5.83. The summed E-state index contributed by atoms with van der Waals surface area (Å²) in [6.07, 6.45) is 3.88. The Labute approximate surface area is 190 Å². The number of nitrogens with one attached hydrogen (secondary N) is 1. The first-order valence-electron chi connectivity index (χ1n) is 11.2. The molecule has 0 aromatic heterocycles. The zero-order valence-electron chi connectivity index (χ0n) is 18.8. The van der Waals surface area contributed by atoms with Crippen molar-refractivity contribution in [3.63, 3.8) is 0 Å². The average Bonchev–Trinajstić information content (AvgIpc) is 2.84. The first-order valence-corrected chi connectivity index (χ1v) is 11.2. The van der Waals surface area contributed by atoms with E-state index in [1.165, 1.54) is 5.69 Å². The van der Waals surface area contributed by atoms with Crippen LogP contribution in [-0.4, -0.2) is 31.8 Å². The van der Waals surface area contributed by atoms with E-state index >= 15 is 0 Å². The van der Waals surface area contributed by atoms with E-state index in [1.807, 2.05) is 66.7 Å². The van der Waals surface area contributed by atoms with Gasteiger partial charge < -0.3 is 9.64 Å². The van der Waals surface area contributed by atoms with Crippen molar-refractivity contribution in [3.8, 4) is 16.9 Å². The predicted molar refractivity (Wildman–Crippen MR) is 132 cm³/mol. The molecule has 0 fully saturated rings. The summed E-state index contributed by atoms with van der Waals surface area (Å²) in [6, 6.07) is 25.9. The Morgan fingerprint density at radius 1 is 0.906 bits per heavy atom. The Morgan fingerprint density at radius 2 is 1.56 bits per heavy atom. The van der Waals surface area contributed by atoms with Crippen LogP contribution in [0.2, 0.25) is 0 Å². The van der Waals surface area contributed by atoms with E-state index in [2.05, 4.69) is 41.4 Å². The minimum Gasteiger partial charge on any atom is -0.483 e. The van der Waals surface area contributed by atoms with Crippen LogP contribution in [0.1, 0.15) is 32.3 Å². The molecule has 166 valence electrons. The van der Waals surface area contributed by atoms with E-state index in [1.54, 1.807) is 6.21 Å². The first kappa shape index (κ1) is 23.1. The number of carbonyl (C=O) groups is 1. The third-order valence-corrected chi connectivity index (χ3v) is 4.98. The molecule has 0 bridgehead atoms. The molecule has 0 aliphatic carbocycles. The lowest BCUT2D eigenvalue weighted by Crippen LogP contribution is -2.25. The van der Waals surface area contributed by atoms with Gasteiger partial charge in [-0.2, -0.15) is 5.10 Å². The molecule has 3 rings (SSSR count). The van der Waals surface area contributed by atoms with Crippen LogP contribution in [0.15, 0.2) is 84.0 Å². The molecule has 0 saturated heterocycles. The molecule has 1 amide bonds. The fraction of sp³-hybridized carbons (Fsp3) is 0.259. The van der Waals surface area contributed by atoms with Crippen molar-refractivity contribution in [1.82, 2.24) is 5.43 Å². The summed E-state index contributed by atoms with van der Waals surface area (Å²) in [5, 5.41) is 4.06. The van der Waals surface area contributed by atoms with Gasteiger partial charge in [0.15, 0.2) is 6.61 Å². The number of hydrogen-bond donors (Lipinski definition) is 1. The molecular weight excluding hydrogens is 398 g/mol. The molecule has 0 saturated carbocycles. The van der Waals surface area contributed by atoms with Gasteiger partial charge in [0.05, 0.1) is 6.21 Å². The second-order valence-corrected chi connectivity index (χ2v) is 7.52. The SMILES string of the molecule is CCCN(CCC)c1ccc(C=NNC(=O)COc2ccccc2-c2ccccc2)cc1. The minimum atomic E-state index is -0.308. The molecule has 0 aliphatic heterocycles. The number of benzene rings is 3. The topological polar surface area (TPSA) is 53.9 Å². The lowest BCUT2D eigenvalue weighted by molar-refractivity contribution is -0.123. The van der Waals surface area contributed by atoms with Gasteiger partial charge in [0.2, 0.25) is 0 Å². The molecule has 0 aliphatic rings. The van der Waals surface area contributed by atoms with Gasteiger partial charge in [0, 0.05) is 24.3 Å². The molecular formula is C27H31N3O2. The van der Waals surface area contributed by atoms with Gasteiger partial charge in [-0.25, -0.2) is 5.43 Å². The third-order valence-electron chi connectivity index (χ3n) is 4.98. The highest BCUT2D eigenvalue weighted by Crippen LogP contribution is 2.29. The van der Waals surface area contributed by atoms with Crippen LogP contribution < -0.4 is 15.1 Å². The van der Waals surface area contributed by atoms with Crippen molar-refractivity contribution < 1.29 is 9.53 Å². The number of rotatable bonds is 11. The molecule has 5 nitrogen and oxygen atoms in total. The zero-order chi connectivity index (χ0) is 22.6. The summed E-state index contributed by atoms with van der Waals surface area (Å²) in [7, 11) is 0. The highest BCUT2D eigenvalue weighted by Gasteiger charge is 2.08. The van der Waals surface area contributed by atoms with Gasteiger partial charge in [-0.05, 0) is 42.2 Å². The van der Waals surface area contributed by atoms with Gasteiger partial charge in [0.25, 0.3) is 5.91 Å². The van der Waals surface area contributed by atoms with E-state index in [-0.39, 0.29) is 12.5 Å². The van der Waals surface area contributed by atoms with Crippen LogP contribution in [0, 0.1) is 0 Å². The summed E-state index contributed by atoms with van der Waals surface area (Å²) in [4.78, 5) is 14.6. The monoisotopic (exact) mass is 429 g/mol. The summed E-state index contributed by atoms with van der Waals surface area (Å²) >= 11 is 0. The van der Waals surface area contributed by atoms with Gasteiger partial charge in [-0.15, -0.1) is 0 Å². The van der Waals surface area contributed by atoms with E-state index in [9.17, 15) is 4.79 Å². The molecule has 3 aromatic carbocycles. The maximum Gasteiger partial charge on any atom is 0.277 e. The smallest absolute Gasteiger partial charge is 0.277 e. The fourth-order valence-electron chi connectivity index (χ4n) is 3.48. The molecule has 5 heteroatoms. The molecule has 0 heterocycles. The zero-order valence-corrected chi connectivity index (χ0v) is 18.8. The summed E-state index contributed by atoms with van der Waals surface area (Å²) < 4.78 is 5.75. The van der Waals surface area contributed by atoms with Gasteiger partial charge in [-0.1, -0.05) is 74.5 Å². The number of para-hydroxylation sites is 1. The Balaban J connectivity index is 1.52. The second-order valence-electron chi connectivity index (χ2n) is 7.52. The van der Waals surface area contributed by atoms with E-state index in [4.69, 9.17) is 4.74 Å². The molecule has 0 spiro atoms. The maximum absolute atomic E-state index is 12.2. The Kier molecular flexibility index (Phi) is 8.87. The van der Waals surface area contributed by atoms with Crippen molar-refractivity contribution in [3.05, 3.63) is 84.4 Å². The van der Waals surface area contributed by atoms with Crippen molar-refractivity contribution in [1.29, 1.82) is 0 Å². The van der Waals surface area contributed by atoms with Crippen LogP contribution in [0.4, 0.5) is 5.69 Å². The largest absolute Gasteiger partial charge is 0.483 e. The minimum absolute atomic E-state index is 0.108. The van der Waals surface area contributed by atoms with E-state index in [0.717, 1.165) is 42.6 Å². The molecule has 0 unspecified atom stereocenters. The predicted octanol–water partition coefficient (Wildman–Crippen LogP) is 5.51. The van der Waals surface area contributed by atoms with Gasteiger partial charge in [0.1, 0.15) is 5.75 Å². The number of ether oxygens (including phenoxy) is 1. The second kappa shape index (κ2) is 12.3. The summed E-state index contributed by atoms with van der Waals surface area (Å²) in [5.41, 5.74) is 6.66. The number of nitrogens with zero attached hydrogens (tertiary/aromatic N) is 2. The molecule has 0 radical (unpaired) electrons. The van der Waals surface area contributed by atoms with E-state index in [0.29, 0.717) is 5.75 Å². The molecule has 3 aromatic rings. The molecule has 1 N–H and O–H groups in total. The first-order chi connectivity index (χ1) is 15.7. The van der Waals surface area contributed by atoms with Crippen molar-refractivity contribution >= 4 is 17.8 Å². The number of hydrazone groups is 1. The van der Waals surface area contributed by atoms with Crippen LogP contribution in [0.3, 0.4) is 0 Å². The third kappa shape index (κ3) is 6.71. The number of anilines is 1. The van der Waals surface area contributed by atoms with Crippen LogP contribution in [-0.2, 0) is 4.79 Å². The normalized spacial score (nSPS) is 10.8. The molecule has 32 heavy (non-hydrogen) atoms. The quantitative estimate of drug-likeness (QED) is 0.323. The van der Waals surface area contributed by atoms with Gasteiger partial charge in [-0.3, -0.25) is 4.79 Å². The van der Waals surface area contributed by atoms with E-state index < -0.39 is 0 Å². The number of hydrogen-bond acceptors (Lipinski definition) is 4. The highest BCUT2D eigenvalue weighted by atomic mass is 16.5. The van der Waals surface area contributed by atoms with Crippen molar-refractivity contribution in [2.75, 3.05) is 24.6 Å². The van der Waals surface area contributed by atoms with Crippen molar-refractivity contribution in [2.24, 2.45) is 5.10 Å². The summed E-state index contributed by atoms with van der Waals surface area (Å²) in [5.74, 6) is 0.356. The van der Waals surface area contributed by atoms with Crippen LogP contribution >= 0.6 is 0 Å². The lowest BCUT2D eigenvalue weighted by atomic mass is 10.1. The van der Waals surface area contributed by atoms with Crippen LogP contribution in [0.5, 0.6) is 5.75 Å². The van der Waals surface area contributed by atoms with Gasteiger partial charge >= 0.3 is 0 Å². The molecule has 0 atom stereocenters. The maximum atomic E-state index is 12.2. The fourth-order valence-corrected chi connectivity index (χ4v) is 3.48. The number of amides is 1. The van der Waals surface area contributed by atoms with Crippen LogP contribution in [0.25, 0.3) is 11.1 Å². The Hall–Kier alpha value is -3.60. The average molecular weight is 430 g/mol. The Bertz CT molecular complexity index is 995. The van der Waals surface area contributed by atoms with Crippen molar-refractivity contribution in [2.45, 2.75) is 26.7 Å². The number of carbonyl (C=O) groups excluding carboxylic acids is 1. The Morgan fingerprint density at radius 3 is 2.25 bits per heavy atom.